The van der Waals surface area contributed by atoms with Crippen LogP contribution in [0.1, 0.15) is 36.3 Å². The van der Waals surface area contributed by atoms with Crippen LogP contribution in [0.4, 0.5) is 13.2 Å². The lowest BCUT2D eigenvalue weighted by molar-refractivity contribution is -0.138. The molecule has 0 bridgehead atoms. The van der Waals surface area contributed by atoms with Crippen LogP contribution in [0, 0.1) is 5.92 Å². The Labute approximate surface area is 195 Å². The van der Waals surface area contributed by atoms with E-state index in [0.717, 1.165) is 11.8 Å². The average molecular weight is 496 g/mol. The van der Waals surface area contributed by atoms with Gasteiger partial charge in [-0.1, -0.05) is 30.3 Å². The van der Waals surface area contributed by atoms with E-state index < -0.39 is 21.6 Å². The predicted molar refractivity (Wildman–Crippen MR) is 118 cm³/mol. The van der Waals surface area contributed by atoms with Crippen LogP contribution in [0.15, 0.2) is 47.4 Å². The summed E-state index contributed by atoms with van der Waals surface area (Å²) < 4.78 is 69.2. The zero-order valence-corrected chi connectivity index (χ0v) is 19.3. The second-order valence-corrected chi connectivity index (χ2v) is 10.9. The second-order valence-electron chi connectivity index (χ2n) is 8.89. The highest BCUT2D eigenvalue weighted by atomic mass is 32.2. The molecule has 182 valence electrons. The summed E-state index contributed by atoms with van der Waals surface area (Å²) in [5.74, 6) is -0.00939. The molecule has 34 heavy (non-hydrogen) atoms. The van der Waals surface area contributed by atoms with Gasteiger partial charge in [0.05, 0.1) is 23.5 Å². The number of alkyl halides is 3. The fourth-order valence-electron chi connectivity index (χ4n) is 4.30. The largest absolute Gasteiger partial charge is 0.465 e. The molecule has 2 aromatic rings. The lowest BCUT2D eigenvalue weighted by Gasteiger charge is -2.40. The molecule has 1 atom stereocenters. The van der Waals surface area contributed by atoms with E-state index in [9.17, 15) is 31.2 Å². The van der Waals surface area contributed by atoms with E-state index in [1.807, 2.05) is 0 Å². The molecule has 2 aliphatic heterocycles. The summed E-state index contributed by atoms with van der Waals surface area (Å²) in [5, 5.41) is 0. The molecule has 0 radical (unpaired) electrons. The number of carbonyl (C=O) groups is 2. The number of nitrogens with zero attached hydrogens (tertiary/aromatic N) is 1. The number of halogens is 3. The zero-order chi connectivity index (χ0) is 24.7. The van der Waals surface area contributed by atoms with Gasteiger partial charge in [-0.25, -0.2) is 8.42 Å². The fourth-order valence-corrected chi connectivity index (χ4v) is 4.95. The number of benzene rings is 2. The molecule has 2 saturated heterocycles. The van der Waals surface area contributed by atoms with Crippen molar-refractivity contribution in [1.82, 2.24) is 4.90 Å². The van der Waals surface area contributed by atoms with Crippen molar-refractivity contribution in [3.05, 3.63) is 53.6 Å². The van der Waals surface area contributed by atoms with Gasteiger partial charge < -0.3 is 9.64 Å². The normalized spacial score (nSPS) is 19.1. The highest BCUT2D eigenvalue weighted by Gasteiger charge is 2.35. The first-order valence-corrected chi connectivity index (χ1v) is 12.8. The highest BCUT2D eigenvalue weighted by Crippen LogP contribution is 2.39. The lowest BCUT2D eigenvalue weighted by Crippen LogP contribution is -2.48. The average Bonchev–Trinajstić information content (AvgIpc) is 3.15. The summed E-state index contributed by atoms with van der Waals surface area (Å²) in [6, 6.07) is 9.68. The molecular weight excluding hydrogens is 471 g/mol. The summed E-state index contributed by atoms with van der Waals surface area (Å²) in [7, 11) is -3.78. The molecule has 2 aliphatic rings. The van der Waals surface area contributed by atoms with E-state index in [1.54, 1.807) is 29.2 Å². The van der Waals surface area contributed by atoms with Gasteiger partial charge in [-0.2, -0.15) is 13.2 Å². The lowest BCUT2D eigenvalue weighted by atomic mass is 9.89. The van der Waals surface area contributed by atoms with Gasteiger partial charge in [0.15, 0.2) is 9.84 Å². The van der Waals surface area contributed by atoms with E-state index in [4.69, 9.17) is 4.74 Å². The molecule has 0 unspecified atom stereocenters. The number of esters is 1. The quantitative estimate of drug-likeness (QED) is 0.565. The van der Waals surface area contributed by atoms with Crippen LogP contribution in [0.25, 0.3) is 11.1 Å². The van der Waals surface area contributed by atoms with Crippen molar-refractivity contribution in [2.24, 2.45) is 5.92 Å². The van der Waals surface area contributed by atoms with Crippen LogP contribution >= 0.6 is 0 Å². The van der Waals surface area contributed by atoms with Crippen molar-refractivity contribution in [3.8, 4) is 11.1 Å². The number of hydrogen-bond donors (Lipinski definition) is 0. The summed E-state index contributed by atoms with van der Waals surface area (Å²) in [6.07, 6.45) is -2.51. The Balaban J connectivity index is 1.40. The van der Waals surface area contributed by atoms with Gasteiger partial charge in [0.2, 0.25) is 5.91 Å². The number of sulfone groups is 1. The van der Waals surface area contributed by atoms with E-state index in [1.165, 1.54) is 12.1 Å². The molecule has 6 nitrogen and oxygen atoms in total. The number of carbonyl (C=O) groups excluding carboxylic acids is 2. The Kier molecular flexibility index (Phi) is 6.46. The monoisotopic (exact) mass is 495 g/mol. The number of hydrogen-bond acceptors (Lipinski definition) is 5. The Hall–Kier alpha value is -2.88. The van der Waals surface area contributed by atoms with Crippen LogP contribution in [0.3, 0.4) is 0 Å². The van der Waals surface area contributed by atoms with Crippen LogP contribution in [0.2, 0.25) is 0 Å². The van der Waals surface area contributed by atoms with Crippen molar-refractivity contribution >= 4 is 21.7 Å². The predicted octanol–water partition coefficient (Wildman–Crippen LogP) is 4.05. The van der Waals surface area contributed by atoms with E-state index in [0.29, 0.717) is 50.6 Å². The molecule has 0 aliphatic carbocycles. The van der Waals surface area contributed by atoms with Gasteiger partial charge in [-0.3, -0.25) is 9.59 Å². The maximum Gasteiger partial charge on any atom is 0.417 e. The first-order valence-electron chi connectivity index (χ1n) is 10.9. The smallest absolute Gasteiger partial charge is 0.417 e. The van der Waals surface area contributed by atoms with Crippen molar-refractivity contribution in [1.29, 1.82) is 0 Å². The molecule has 2 aromatic carbocycles. The van der Waals surface area contributed by atoms with Crippen molar-refractivity contribution in [2.45, 2.75) is 36.3 Å². The van der Waals surface area contributed by atoms with Gasteiger partial charge in [0, 0.05) is 37.6 Å². The van der Waals surface area contributed by atoms with E-state index >= 15 is 0 Å². The Morgan fingerprint density at radius 2 is 1.79 bits per heavy atom. The maximum atomic E-state index is 13.6. The molecule has 1 amide bonds. The van der Waals surface area contributed by atoms with Crippen LogP contribution in [-0.2, 0) is 30.3 Å². The number of ether oxygens (including phenoxy) is 1. The van der Waals surface area contributed by atoms with Crippen molar-refractivity contribution in [3.63, 3.8) is 0 Å². The molecule has 2 heterocycles. The highest BCUT2D eigenvalue weighted by molar-refractivity contribution is 7.90. The summed E-state index contributed by atoms with van der Waals surface area (Å²) >= 11 is 0. The van der Waals surface area contributed by atoms with Gasteiger partial charge in [0.25, 0.3) is 0 Å². The molecule has 0 saturated carbocycles. The van der Waals surface area contributed by atoms with Crippen LogP contribution in [0.5, 0.6) is 0 Å². The minimum Gasteiger partial charge on any atom is -0.465 e. The Morgan fingerprint density at radius 1 is 1.12 bits per heavy atom. The summed E-state index contributed by atoms with van der Waals surface area (Å²) in [5.41, 5.74) is 0.157. The Bertz CT molecular complexity index is 1200. The fraction of sp³-hybridized carbons (Fsp3) is 0.417. The SMILES string of the molecule is CS(=O)(=O)c1ccc(-c2ccc(C3CN(C(=O)CC[C@@H]4COC(=O)C4)C3)cc2)c(C(F)(F)F)c1. The van der Waals surface area contributed by atoms with Crippen LogP contribution < -0.4 is 0 Å². The second kappa shape index (κ2) is 9.05. The number of amides is 1. The molecule has 4 rings (SSSR count). The minimum absolute atomic E-state index is 0.0213. The first-order chi connectivity index (χ1) is 15.9. The van der Waals surface area contributed by atoms with E-state index in [2.05, 4.69) is 0 Å². The van der Waals surface area contributed by atoms with Crippen LogP contribution in [-0.4, -0.2) is 51.1 Å². The molecule has 0 spiro atoms. The van der Waals surface area contributed by atoms with Gasteiger partial charge in [-0.15, -0.1) is 0 Å². The van der Waals surface area contributed by atoms with Gasteiger partial charge in [0.1, 0.15) is 0 Å². The van der Waals surface area contributed by atoms with Gasteiger partial charge >= 0.3 is 12.1 Å². The summed E-state index contributed by atoms with van der Waals surface area (Å²) in [4.78, 5) is 24.9. The number of cyclic esters (lactones) is 1. The van der Waals surface area contributed by atoms with E-state index in [-0.39, 0.29) is 34.2 Å². The molecular formula is C24H24F3NO5S. The molecule has 0 aromatic heterocycles. The third kappa shape index (κ3) is 5.27. The Morgan fingerprint density at radius 3 is 2.35 bits per heavy atom. The molecule has 2 fully saturated rings. The maximum absolute atomic E-state index is 13.6. The molecule has 10 heteroatoms. The number of likely N-dealkylation sites (tertiary alicyclic amines) is 1. The third-order valence-corrected chi connectivity index (χ3v) is 7.46. The topological polar surface area (TPSA) is 80.8 Å². The zero-order valence-electron chi connectivity index (χ0n) is 18.5. The first kappa shape index (κ1) is 24.3. The third-order valence-electron chi connectivity index (χ3n) is 6.35. The minimum atomic E-state index is -4.71. The standard InChI is InChI=1S/C24H24F3NO5S/c1-34(31,32)19-7-8-20(21(11-19)24(25,26)27)17-5-3-16(4-6-17)18-12-28(13-18)22(29)9-2-15-10-23(30)33-14-15/h3-8,11,15,18H,2,9-10,12-14H2,1H3/t15-/m0/s1. The number of rotatable bonds is 6. The summed E-state index contributed by atoms with van der Waals surface area (Å²) in [6.45, 7) is 1.44. The molecule has 0 N–H and O–H groups in total. The van der Waals surface area contributed by atoms with Crippen molar-refractivity contribution in [2.75, 3.05) is 26.0 Å². The van der Waals surface area contributed by atoms with Crippen molar-refractivity contribution < 1.29 is 35.9 Å². The van der Waals surface area contributed by atoms with Gasteiger partial charge in [-0.05, 0) is 35.2 Å².